The molecule has 0 radical (unpaired) electrons. The zero-order chi connectivity index (χ0) is 17.6. The lowest BCUT2D eigenvalue weighted by molar-refractivity contribution is -0.139. The van der Waals surface area contributed by atoms with Gasteiger partial charge in [0.05, 0.1) is 30.7 Å². The van der Waals surface area contributed by atoms with E-state index in [1.165, 1.54) is 7.11 Å². The van der Waals surface area contributed by atoms with Crippen LogP contribution in [0, 0.1) is 0 Å². The van der Waals surface area contributed by atoms with Crippen LogP contribution in [0.1, 0.15) is 26.2 Å². The van der Waals surface area contributed by atoms with Crippen LogP contribution in [0.2, 0.25) is 0 Å². The van der Waals surface area contributed by atoms with Gasteiger partial charge < -0.3 is 30.5 Å². The van der Waals surface area contributed by atoms with E-state index in [2.05, 4.69) is 10.3 Å². The van der Waals surface area contributed by atoms with Crippen molar-refractivity contribution in [3.8, 4) is 0 Å². The van der Waals surface area contributed by atoms with Gasteiger partial charge in [0, 0.05) is 12.8 Å². The molecular formula is C14H22N2O7. The summed E-state index contributed by atoms with van der Waals surface area (Å²) in [6.45, 7) is 0.581. The van der Waals surface area contributed by atoms with Gasteiger partial charge in [-0.2, -0.15) is 0 Å². The number of methoxy groups -OCH3 is 1. The van der Waals surface area contributed by atoms with E-state index in [0.717, 1.165) is 0 Å². The summed E-state index contributed by atoms with van der Waals surface area (Å²) in [5.41, 5.74) is -1.12. The van der Waals surface area contributed by atoms with Gasteiger partial charge in [0.25, 0.3) is 0 Å². The van der Waals surface area contributed by atoms with Gasteiger partial charge in [-0.05, 0) is 6.42 Å². The first-order valence-corrected chi connectivity index (χ1v) is 7.11. The number of ether oxygens (including phenoxy) is 1. The monoisotopic (exact) mass is 330 g/mol. The van der Waals surface area contributed by atoms with Gasteiger partial charge in [-0.1, -0.05) is 6.92 Å². The Labute approximate surface area is 133 Å². The fourth-order valence-corrected chi connectivity index (χ4v) is 2.35. The van der Waals surface area contributed by atoms with Crippen molar-refractivity contribution in [3.05, 3.63) is 11.5 Å². The Morgan fingerprint density at radius 2 is 2.04 bits per heavy atom. The largest absolute Gasteiger partial charge is 0.493 e. The number of nitrogens with one attached hydrogen (secondary N) is 1. The van der Waals surface area contributed by atoms with E-state index in [-0.39, 0.29) is 36.4 Å². The van der Waals surface area contributed by atoms with Crippen molar-refractivity contribution in [1.82, 2.24) is 5.32 Å². The molecule has 9 heteroatoms. The predicted octanol–water partition coefficient (Wildman–Crippen LogP) is -0.660. The minimum Gasteiger partial charge on any atom is -0.493 e. The summed E-state index contributed by atoms with van der Waals surface area (Å²) in [5, 5.41) is 40.4. The Balaban J connectivity index is 3.24. The highest BCUT2D eigenvalue weighted by atomic mass is 16.5. The summed E-state index contributed by atoms with van der Waals surface area (Å²) in [4.78, 5) is 25.8. The summed E-state index contributed by atoms with van der Waals surface area (Å²) < 4.78 is 5.22. The van der Waals surface area contributed by atoms with Crippen LogP contribution in [0.25, 0.3) is 0 Å². The third-order valence-corrected chi connectivity index (χ3v) is 3.50. The Hall–Kier alpha value is -2.13. The van der Waals surface area contributed by atoms with E-state index < -0.39 is 36.7 Å². The quantitative estimate of drug-likeness (QED) is 0.394. The minimum absolute atomic E-state index is 0.0530. The van der Waals surface area contributed by atoms with Crippen LogP contribution in [-0.4, -0.2) is 70.0 Å². The van der Waals surface area contributed by atoms with Crippen LogP contribution >= 0.6 is 0 Å². The van der Waals surface area contributed by atoms with Crippen molar-refractivity contribution in [1.29, 1.82) is 0 Å². The van der Waals surface area contributed by atoms with Crippen molar-refractivity contribution in [2.75, 3.05) is 20.3 Å². The van der Waals surface area contributed by atoms with E-state index in [1.54, 1.807) is 6.92 Å². The summed E-state index contributed by atoms with van der Waals surface area (Å²) in [6, 6.07) is -0.906. The number of carboxylic acids is 2. The number of nitrogens with zero attached hydrogens (tertiary/aromatic N) is 1. The Morgan fingerprint density at radius 1 is 1.39 bits per heavy atom. The van der Waals surface area contributed by atoms with Crippen molar-refractivity contribution in [2.45, 2.75) is 37.8 Å². The highest BCUT2D eigenvalue weighted by Gasteiger charge is 2.38. The first-order valence-electron chi connectivity index (χ1n) is 7.11. The molecule has 9 nitrogen and oxygen atoms in total. The zero-order valence-electron chi connectivity index (χ0n) is 13.1. The Morgan fingerprint density at radius 3 is 2.48 bits per heavy atom. The standard InChI is InChI=1S/C14H22N2O7/c1-3-8(13(20)21)16-10-5-14(22,7-17)4-9(12(10)23-2)15-6-11(18)19/h8,16-17,22H,3-7H2,1-2H3,(H,18,19)(H,20,21)/t8-,14-/m0/s1. The number of aliphatic imine (C=N–C) groups is 1. The molecule has 0 aromatic carbocycles. The van der Waals surface area contributed by atoms with Crippen LogP contribution < -0.4 is 5.32 Å². The molecule has 23 heavy (non-hydrogen) atoms. The molecule has 1 aliphatic rings. The molecule has 1 aliphatic carbocycles. The first-order chi connectivity index (χ1) is 10.8. The molecule has 0 saturated heterocycles. The highest BCUT2D eigenvalue weighted by molar-refractivity contribution is 6.01. The highest BCUT2D eigenvalue weighted by Crippen LogP contribution is 2.30. The van der Waals surface area contributed by atoms with E-state index in [0.29, 0.717) is 0 Å². The fraction of sp³-hybridized carbons (Fsp3) is 0.643. The fourth-order valence-electron chi connectivity index (χ4n) is 2.35. The minimum atomic E-state index is -1.56. The van der Waals surface area contributed by atoms with Gasteiger partial charge >= 0.3 is 11.9 Å². The molecule has 0 saturated carbocycles. The molecule has 0 spiro atoms. The predicted molar refractivity (Wildman–Crippen MR) is 80.1 cm³/mol. The first kappa shape index (κ1) is 18.9. The number of hydrogen-bond acceptors (Lipinski definition) is 7. The summed E-state index contributed by atoms with van der Waals surface area (Å²) in [7, 11) is 1.35. The number of rotatable bonds is 8. The van der Waals surface area contributed by atoms with Crippen LogP contribution in [0.15, 0.2) is 16.4 Å². The molecule has 0 aliphatic heterocycles. The summed E-state index contributed by atoms with van der Waals surface area (Å²) in [5.74, 6) is -2.03. The maximum absolute atomic E-state index is 11.2. The summed E-state index contributed by atoms with van der Waals surface area (Å²) in [6.07, 6.45) is 0.145. The molecule has 0 aromatic rings. The molecule has 0 unspecified atom stereocenters. The van der Waals surface area contributed by atoms with Gasteiger partial charge in [-0.25, -0.2) is 4.79 Å². The molecule has 0 fully saturated rings. The molecule has 0 amide bonds. The number of aliphatic hydroxyl groups is 2. The van der Waals surface area contributed by atoms with Gasteiger partial charge in [-0.3, -0.25) is 9.79 Å². The maximum Gasteiger partial charge on any atom is 0.326 e. The van der Waals surface area contributed by atoms with Gasteiger partial charge in [0.15, 0.2) is 5.76 Å². The van der Waals surface area contributed by atoms with Crippen LogP contribution in [0.4, 0.5) is 0 Å². The topological polar surface area (TPSA) is 149 Å². The van der Waals surface area contributed by atoms with Crippen molar-refractivity contribution < 1.29 is 34.8 Å². The SMILES string of the molecule is CC[C@H](NC1=C(OC)C(=NCC(=O)O)C[C@@](O)(CO)C1)C(=O)O. The number of carboxylic acid groups (broad SMARTS) is 2. The maximum atomic E-state index is 11.2. The van der Waals surface area contributed by atoms with E-state index in [9.17, 15) is 19.8 Å². The Bertz CT molecular complexity index is 529. The average Bonchev–Trinajstić information content (AvgIpc) is 2.49. The number of hydrogen-bond donors (Lipinski definition) is 5. The second-order valence-corrected chi connectivity index (χ2v) is 5.35. The van der Waals surface area contributed by atoms with Gasteiger partial charge in [0.1, 0.15) is 12.6 Å². The summed E-state index contributed by atoms with van der Waals surface area (Å²) >= 11 is 0. The lowest BCUT2D eigenvalue weighted by Gasteiger charge is -2.35. The molecule has 0 heterocycles. The number of carbonyl (C=O) groups is 2. The number of aliphatic carboxylic acids is 2. The molecule has 0 aromatic heterocycles. The number of aliphatic hydroxyl groups excluding tert-OH is 1. The van der Waals surface area contributed by atoms with Crippen LogP contribution in [0.5, 0.6) is 0 Å². The molecule has 1 rings (SSSR count). The molecule has 0 bridgehead atoms. The van der Waals surface area contributed by atoms with E-state index in [1.807, 2.05) is 0 Å². The second-order valence-electron chi connectivity index (χ2n) is 5.35. The van der Waals surface area contributed by atoms with Crippen molar-refractivity contribution in [2.24, 2.45) is 4.99 Å². The molecular weight excluding hydrogens is 308 g/mol. The smallest absolute Gasteiger partial charge is 0.326 e. The lowest BCUT2D eigenvalue weighted by atomic mass is 9.85. The van der Waals surface area contributed by atoms with E-state index in [4.69, 9.17) is 14.9 Å². The van der Waals surface area contributed by atoms with E-state index >= 15 is 0 Å². The molecule has 130 valence electrons. The van der Waals surface area contributed by atoms with Crippen molar-refractivity contribution in [3.63, 3.8) is 0 Å². The molecule has 5 N–H and O–H groups in total. The van der Waals surface area contributed by atoms with Gasteiger partial charge in [0.2, 0.25) is 0 Å². The second kappa shape index (κ2) is 7.93. The van der Waals surface area contributed by atoms with Crippen LogP contribution in [0.3, 0.4) is 0 Å². The number of allylic oxidation sites excluding steroid dienone is 1. The molecule has 2 atom stereocenters. The zero-order valence-corrected chi connectivity index (χ0v) is 13.1. The Kier molecular flexibility index (Phi) is 6.52. The van der Waals surface area contributed by atoms with Crippen LogP contribution in [-0.2, 0) is 14.3 Å². The average molecular weight is 330 g/mol. The van der Waals surface area contributed by atoms with Crippen molar-refractivity contribution >= 4 is 17.7 Å². The third-order valence-electron chi connectivity index (χ3n) is 3.50. The van der Waals surface area contributed by atoms with Gasteiger partial charge in [-0.15, -0.1) is 0 Å². The lowest BCUT2D eigenvalue weighted by Crippen LogP contribution is -2.46. The third kappa shape index (κ3) is 4.93. The normalized spacial score (nSPS) is 24.4.